The number of hydrogen-bond donors (Lipinski definition) is 2. The van der Waals surface area contributed by atoms with Gasteiger partial charge >= 0.3 is 5.97 Å². The quantitative estimate of drug-likeness (QED) is 0.731. The van der Waals surface area contributed by atoms with Crippen molar-refractivity contribution in [3.8, 4) is 0 Å². The number of thioether (sulfide) groups is 2. The molecule has 2 N–H and O–H groups in total. The lowest BCUT2D eigenvalue weighted by atomic mass is 10.2. The van der Waals surface area contributed by atoms with Gasteiger partial charge in [-0.2, -0.15) is 0 Å². The van der Waals surface area contributed by atoms with Crippen LogP contribution in [-0.2, 0) is 4.79 Å². The summed E-state index contributed by atoms with van der Waals surface area (Å²) in [6.07, 6.45) is 2.53. The van der Waals surface area contributed by atoms with Crippen molar-refractivity contribution in [3.63, 3.8) is 0 Å². The summed E-state index contributed by atoms with van der Waals surface area (Å²) in [6.45, 7) is 0. The summed E-state index contributed by atoms with van der Waals surface area (Å²) in [5, 5.41) is 19.5. The molecule has 8 heteroatoms. The highest BCUT2D eigenvalue weighted by Crippen LogP contribution is 2.27. The highest BCUT2D eigenvalue weighted by Gasteiger charge is 2.14. The number of carbonyl (C=O) groups is 1. The Labute approximate surface area is 106 Å². The number of likely N-dealkylation sites (N-methyl/N-ethyl adjacent to an activating group) is 1. The highest BCUT2D eigenvalue weighted by atomic mass is 32.2. The van der Waals surface area contributed by atoms with Gasteiger partial charge < -0.3 is 10.4 Å². The van der Waals surface area contributed by atoms with Gasteiger partial charge in [0, 0.05) is 5.75 Å². The predicted octanol–water partition coefficient (Wildman–Crippen LogP) is 1.41. The van der Waals surface area contributed by atoms with Crippen molar-refractivity contribution in [1.29, 1.82) is 0 Å². The maximum absolute atomic E-state index is 10.7. The van der Waals surface area contributed by atoms with Gasteiger partial charge in [-0.25, -0.2) is 0 Å². The van der Waals surface area contributed by atoms with Crippen molar-refractivity contribution < 1.29 is 9.90 Å². The summed E-state index contributed by atoms with van der Waals surface area (Å²) in [7, 11) is 1.65. The van der Waals surface area contributed by atoms with E-state index in [-0.39, 0.29) is 0 Å². The minimum atomic E-state index is -0.815. The van der Waals surface area contributed by atoms with E-state index in [2.05, 4.69) is 15.5 Å². The van der Waals surface area contributed by atoms with Gasteiger partial charge in [0.05, 0.1) is 0 Å². The molecule has 0 bridgehead atoms. The lowest BCUT2D eigenvalue weighted by Gasteiger charge is -2.09. The van der Waals surface area contributed by atoms with Crippen LogP contribution in [0.4, 0.5) is 0 Å². The number of aromatic nitrogens is 2. The van der Waals surface area contributed by atoms with Gasteiger partial charge in [-0.3, -0.25) is 4.79 Å². The van der Waals surface area contributed by atoms with E-state index >= 15 is 0 Å². The molecule has 1 rings (SSSR count). The van der Waals surface area contributed by atoms with E-state index in [1.165, 1.54) is 11.3 Å². The van der Waals surface area contributed by atoms with Crippen LogP contribution in [0.2, 0.25) is 0 Å². The molecule has 5 nitrogen and oxygen atoms in total. The van der Waals surface area contributed by atoms with E-state index in [1.807, 2.05) is 6.26 Å². The molecular weight excluding hydrogens is 266 g/mol. The zero-order valence-electron chi connectivity index (χ0n) is 8.97. The summed E-state index contributed by atoms with van der Waals surface area (Å²) < 4.78 is 1.83. The number of carboxylic acid groups (broad SMARTS) is 1. The molecule has 0 aliphatic heterocycles. The summed E-state index contributed by atoms with van der Waals surface area (Å²) in [4.78, 5) is 10.7. The monoisotopic (exact) mass is 279 g/mol. The Hall–Kier alpha value is -0.310. The molecule has 1 atom stereocenters. The van der Waals surface area contributed by atoms with Gasteiger partial charge in [0.2, 0.25) is 0 Å². The summed E-state index contributed by atoms with van der Waals surface area (Å²) >= 11 is 4.65. The van der Waals surface area contributed by atoms with Crippen LogP contribution >= 0.6 is 34.9 Å². The zero-order valence-corrected chi connectivity index (χ0v) is 11.4. The normalized spacial score (nSPS) is 12.6. The highest BCUT2D eigenvalue weighted by molar-refractivity contribution is 8.02. The molecule has 0 fully saturated rings. The first-order chi connectivity index (χ1) is 7.67. The van der Waals surface area contributed by atoms with E-state index in [0.717, 1.165) is 14.4 Å². The second kappa shape index (κ2) is 7.10. The third-order valence-electron chi connectivity index (χ3n) is 1.84. The van der Waals surface area contributed by atoms with Crippen LogP contribution < -0.4 is 5.32 Å². The lowest BCUT2D eigenvalue weighted by molar-refractivity contribution is -0.139. The number of aliphatic carboxylic acids is 1. The van der Waals surface area contributed by atoms with Crippen LogP contribution in [0.25, 0.3) is 0 Å². The fourth-order valence-electron chi connectivity index (χ4n) is 0.993. The van der Waals surface area contributed by atoms with Gasteiger partial charge in [0.15, 0.2) is 8.68 Å². The Bertz CT molecular complexity index is 345. The van der Waals surface area contributed by atoms with Gasteiger partial charge in [0.1, 0.15) is 6.04 Å². The smallest absolute Gasteiger partial charge is 0.320 e. The largest absolute Gasteiger partial charge is 0.480 e. The molecule has 0 aromatic carbocycles. The first kappa shape index (κ1) is 13.8. The first-order valence-corrected chi connectivity index (χ1v) is 7.60. The van der Waals surface area contributed by atoms with Gasteiger partial charge in [-0.1, -0.05) is 34.9 Å². The second-order valence-electron chi connectivity index (χ2n) is 2.85. The van der Waals surface area contributed by atoms with Crippen LogP contribution in [0.15, 0.2) is 8.68 Å². The molecule has 0 radical (unpaired) electrons. The average Bonchev–Trinajstić information content (AvgIpc) is 2.71. The number of rotatable bonds is 7. The summed E-state index contributed by atoms with van der Waals surface area (Å²) in [5.74, 6) is -0.0916. The predicted molar refractivity (Wildman–Crippen MR) is 67.5 cm³/mol. The number of nitrogens with one attached hydrogen (secondary N) is 1. The SMILES string of the molecule is CNC(CCSc1nnc(SC)s1)C(=O)O. The average molecular weight is 279 g/mol. The fraction of sp³-hybridized carbons (Fsp3) is 0.625. The Morgan fingerprint density at radius 2 is 2.25 bits per heavy atom. The second-order valence-corrected chi connectivity index (χ2v) is 6.23. The Balaban J connectivity index is 2.32. The van der Waals surface area contributed by atoms with Crippen molar-refractivity contribution in [3.05, 3.63) is 0 Å². The molecular formula is C8H13N3O2S3. The zero-order chi connectivity index (χ0) is 12.0. The Kier molecular flexibility index (Phi) is 6.10. The minimum Gasteiger partial charge on any atom is -0.480 e. The molecule has 1 aromatic rings. The van der Waals surface area contributed by atoms with E-state index < -0.39 is 12.0 Å². The molecule has 90 valence electrons. The van der Waals surface area contributed by atoms with Crippen molar-refractivity contribution in [2.24, 2.45) is 0 Å². The van der Waals surface area contributed by atoms with Gasteiger partial charge in [0.25, 0.3) is 0 Å². The number of nitrogens with zero attached hydrogens (tertiary/aromatic N) is 2. The Morgan fingerprint density at radius 1 is 1.56 bits per heavy atom. The van der Waals surface area contributed by atoms with Crippen LogP contribution in [-0.4, -0.2) is 46.4 Å². The van der Waals surface area contributed by atoms with Crippen molar-refractivity contribution in [1.82, 2.24) is 15.5 Å². The van der Waals surface area contributed by atoms with E-state index in [9.17, 15) is 4.79 Å². The summed E-state index contributed by atoms with van der Waals surface area (Å²) in [6, 6.07) is -0.486. The van der Waals surface area contributed by atoms with E-state index in [1.54, 1.807) is 30.6 Å². The standard InChI is InChI=1S/C8H13N3O2S3/c1-9-5(6(12)13)3-4-15-8-11-10-7(14-2)16-8/h5,9H,3-4H2,1-2H3,(H,12,13). The van der Waals surface area contributed by atoms with Crippen LogP contribution in [0.1, 0.15) is 6.42 Å². The van der Waals surface area contributed by atoms with Crippen molar-refractivity contribution in [2.45, 2.75) is 21.1 Å². The molecule has 1 unspecified atom stereocenters. The molecule has 0 aliphatic rings. The molecule has 0 amide bonds. The van der Waals surface area contributed by atoms with E-state index in [4.69, 9.17) is 5.11 Å². The van der Waals surface area contributed by atoms with Crippen LogP contribution in [0.5, 0.6) is 0 Å². The van der Waals surface area contributed by atoms with Crippen molar-refractivity contribution in [2.75, 3.05) is 19.1 Å². The molecule has 0 saturated heterocycles. The third-order valence-corrected chi connectivity index (χ3v) is 4.91. The lowest BCUT2D eigenvalue weighted by Crippen LogP contribution is -2.34. The third kappa shape index (κ3) is 4.28. The topological polar surface area (TPSA) is 75.1 Å². The minimum absolute atomic E-state index is 0.486. The molecule has 0 spiro atoms. The van der Waals surface area contributed by atoms with Gasteiger partial charge in [-0.15, -0.1) is 10.2 Å². The van der Waals surface area contributed by atoms with Crippen molar-refractivity contribution >= 4 is 40.8 Å². The van der Waals surface area contributed by atoms with Crippen LogP contribution in [0, 0.1) is 0 Å². The molecule has 0 aliphatic carbocycles. The Morgan fingerprint density at radius 3 is 2.75 bits per heavy atom. The molecule has 1 heterocycles. The number of carboxylic acids is 1. The molecule has 16 heavy (non-hydrogen) atoms. The maximum atomic E-state index is 10.7. The van der Waals surface area contributed by atoms with E-state index in [0.29, 0.717) is 6.42 Å². The number of hydrogen-bond acceptors (Lipinski definition) is 7. The molecule has 0 saturated carbocycles. The first-order valence-electron chi connectivity index (χ1n) is 4.57. The molecule has 1 aromatic heterocycles. The fourth-order valence-corrected chi connectivity index (χ4v) is 3.51. The maximum Gasteiger partial charge on any atom is 0.320 e. The van der Waals surface area contributed by atoms with Crippen LogP contribution in [0.3, 0.4) is 0 Å². The van der Waals surface area contributed by atoms with Gasteiger partial charge in [-0.05, 0) is 19.7 Å². The summed E-state index contributed by atoms with van der Waals surface area (Å²) in [5.41, 5.74) is 0.